The molecule has 176 valence electrons. The van der Waals surface area contributed by atoms with Crippen LogP contribution in [0.3, 0.4) is 0 Å². The van der Waals surface area contributed by atoms with Crippen molar-refractivity contribution >= 4 is 21.6 Å². The van der Waals surface area contributed by atoms with Crippen LogP contribution in [0.15, 0.2) is 47.4 Å². The van der Waals surface area contributed by atoms with Gasteiger partial charge in [-0.05, 0) is 37.1 Å². The summed E-state index contributed by atoms with van der Waals surface area (Å²) in [6.07, 6.45) is 1.63. The van der Waals surface area contributed by atoms with E-state index in [1.54, 1.807) is 18.2 Å². The number of carbonyl (C=O) groups excluding carboxylic acids is 1. The van der Waals surface area contributed by atoms with Crippen molar-refractivity contribution in [1.29, 1.82) is 0 Å². The van der Waals surface area contributed by atoms with Gasteiger partial charge in [-0.25, -0.2) is 8.42 Å². The SMILES string of the molecule is C[C@H](C(=O)N1CCc2ccccc21)N1CCN(S(=O)(=O)c2ccc3c(c2)OCCCO3)CC1. The molecule has 0 aromatic heterocycles. The summed E-state index contributed by atoms with van der Waals surface area (Å²) in [4.78, 5) is 17.3. The first-order chi connectivity index (χ1) is 15.9. The van der Waals surface area contributed by atoms with Crippen LogP contribution in [0.1, 0.15) is 18.9 Å². The van der Waals surface area contributed by atoms with Crippen LogP contribution in [0, 0.1) is 0 Å². The average Bonchev–Trinajstić information content (AvgIpc) is 3.13. The zero-order valence-corrected chi connectivity index (χ0v) is 19.6. The lowest BCUT2D eigenvalue weighted by molar-refractivity contribution is -0.123. The number of piperazine rings is 1. The van der Waals surface area contributed by atoms with Crippen LogP contribution in [0.2, 0.25) is 0 Å². The predicted molar refractivity (Wildman–Crippen MR) is 124 cm³/mol. The molecule has 0 aliphatic carbocycles. The molecular formula is C24H29N3O5S. The van der Waals surface area contributed by atoms with Crippen LogP contribution in [-0.2, 0) is 21.2 Å². The Kier molecular flexibility index (Phi) is 6.03. The summed E-state index contributed by atoms with van der Waals surface area (Å²) >= 11 is 0. The lowest BCUT2D eigenvalue weighted by Crippen LogP contribution is -2.55. The lowest BCUT2D eigenvalue weighted by atomic mass is 10.1. The number of ether oxygens (including phenoxy) is 2. The first-order valence-electron chi connectivity index (χ1n) is 11.5. The van der Waals surface area contributed by atoms with E-state index in [1.165, 1.54) is 9.87 Å². The van der Waals surface area contributed by atoms with Gasteiger partial charge in [0.05, 0.1) is 24.2 Å². The number of carbonyl (C=O) groups is 1. The van der Waals surface area contributed by atoms with E-state index >= 15 is 0 Å². The zero-order valence-electron chi connectivity index (χ0n) is 18.8. The number of nitrogens with zero attached hydrogens (tertiary/aromatic N) is 3. The average molecular weight is 472 g/mol. The summed E-state index contributed by atoms with van der Waals surface area (Å²) in [7, 11) is -3.66. The zero-order chi connectivity index (χ0) is 23.0. The molecule has 0 unspecified atom stereocenters. The summed E-state index contributed by atoms with van der Waals surface area (Å²) in [6, 6.07) is 12.5. The second-order valence-corrected chi connectivity index (χ2v) is 10.6. The quantitative estimate of drug-likeness (QED) is 0.680. The topological polar surface area (TPSA) is 79.4 Å². The summed E-state index contributed by atoms with van der Waals surface area (Å²) in [5.74, 6) is 1.11. The minimum Gasteiger partial charge on any atom is -0.490 e. The first kappa shape index (κ1) is 22.2. The molecule has 0 spiro atoms. The lowest BCUT2D eigenvalue weighted by Gasteiger charge is -2.38. The standard InChI is InChI=1S/C24H29N3O5S/c1-18(24(28)27-10-9-19-5-2-3-6-21(19)27)25-11-13-26(14-12-25)33(29,30)20-7-8-22-23(17-20)32-16-4-15-31-22/h2-3,5-8,17-18H,4,9-16H2,1H3/t18-/m1/s1. The highest BCUT2D eigenvalue weighted by Gasteiger charge is 2.35. The molecule has 1 atom stereocenters. The summed E-state index contributed by atoms with van der Waals surface area (Å²) in [5, 5.41) is 0. The first-order valence-corrected chi connectivity index (χ1v) is 12.9. The van der Waals surface area contributed by atoms with Crippen molar-refractivity contribution in [2.24, 2.45) is 0 Å². The second kappa shape index (κ2) is 8.96. The van der Waals surface area contributed by atoms with Gasteiger partial charge in [-0.1, -0.05) is 18.2 Å². The fourth-order valence-corrected chi connectivity index (χ4v) is 6.17. The molecule has 3 heterocycles. The van der Waals surface area contributed by atoms with Crippen LogP contribution >= 0.6 is 0 Å². The van der Waals surface area contributed by atoms with Crippen LogP contribution in [0.4, 0.5) is 5.69 Å². The van der Waals surface area contributed by atoms with E-state index in [4.69, 9.17) is 9.47 Å². The van der Waals surface area contributed by atoms with Crippen molar-refractivity contribution in [2.45, 2.75) is 30.7 Å². The van der Waals surface area contributed by atoms with Gasteiger partial charge in [-0.2, -0.15) is 4.31 Å². The summed E-state index contributed by atoms with van der Waals surface area (Å²) in [6.45, 7) is 5.36. The van der Waals surface area contributed by atoms with Gasteiger partial charge in [0.25, 0.3) is 0 Å². The van der Waals surface area contributed by atoms with Crippen molar-refractivity contribution in [1.82, 2.24) is 9.21 Å². The highest BCUT2D eigenvalue weighted by molar-refractivity contribution is 7.89. The molecule has 0 saturated carbocycles. The molecule has 1 saturated heterocycles. The van der Waals surface area contributed by atoms with Crippen molar-refractivity contribution in [3.05, 3.63) is 48.0 Å². The molecular weight excluding hydrogens is 442 g/mol. The number of rotatable bonds is 4. The normalized spacial score (nSPS) is 20.2. The Morgan fingerprint density at radius 3 is 2.45 bits per heavy atom. The highest BCUT2D eigenvalue weighted by atomic mass is 32.2. The molecule has 2 aromatic carbocycles. The van der Waals surface area contributed by atoms with Crippen LogP contribution in [-0.4, -0.2) is 75.5 Å². The van der Waals surface area contributed by atoms with Gasteiger partial charge in [0.1, 0.15) is 0 Å². The number of fused-ring (bicyclic) bond motifs is 2. The van der Waals surface area contributed by atoms with Gasteiger partial charge < -0.3 is 14.4 Å². The maximum Gasteiger partial charge on any atom is 0.244 e. The van der Waals surface area contributed by atoms with E-state index in [0.717, 1.165) is 18.5 Å². The number of para-hydroxylation sites is 1. The highest BCUT2D eigenvalue weighted by Crippen LogP contribution is 2.33. The minimum absolute atomic E-state index is 0.0687. The third-order valence-electron chi connectivity index (χ3n) is 6.69. The number of anilines is 1. The van der Waals surface area contributed by atoms with Gasteiger partial charge in [0, 0.05) is 50.9 Å². The molecule has 1 amide bonds. The van der Waals surface area contributed by atoms with Crippen molar-refractivity contribution < 1.29 is 22.7 Å². The molecule has 2 aromatic rings. The molecule has 3 aliphatic rings. The molecule has 33 heavy (non-hydrogen) atoms. The van der Waals surface area contributed by atoms with Gasteiger partial charge in [0.2, 0.25) is 15.9 Å². The summed E-state index contributed by atoms with van der Waals surface area (Å²) < 4.78 is 39.3. The minimum atomic E-state index is -3.66. The third kappa shape index (κ3) is 4.20. The maximum atomic E-state index is 13.3. The summed E-state index contributed by atoms with van der Waals surface area (Å²) in [5.41, 5.74) is 2.19. The number of hydrogen-bond donors (Lipinski definition) is 0. The van der Waals surface area contributed by atoms with E-state index in [9.17, 15) is 13.2 Å². The Bertz CT molecular complexity index is 1140. The molecule has 8 nitrogen and oxygen atoms in total. The van der Waals surface area contributed by atoms with Gasteiger partial charge in [-0.3, -0.25) is 9.69 Å². The third-order valence-corrected chi connectivity index (χ3v) is 8.58. The smallest absolute Gasteiger partial charge is 0.244 e. The van der Waals surface area contributed by atoms with E-state index in [2.05, 4.69) is 11.0 Å². The van der Waals surface area contributed by atoms with E-state index in [-0.39, 0.29) is 16.8 Å². The predicted octanol–water partition coefficient (Wildman–Crippen LogP) is 2.13. The van der Waals surface area contributed by atoms with Gasteiger partial charge >= 0.3 is 0 Å². The Balaban J connectivity index is 1.24. The maximum absolute atomic E-state index is 13.3. The van der Waals surface area contributed by atoms with Crippen LogP contribution in [0.5, 0.6) is 11.5 Å². The monoisotopic (exact) mass is 471 g/mol. The van der Waals surface area contributed by atoms with Crippen molar-refractivity contribution in [3.63, 3.8) is 0 Å². The van der Waals surface area contributed by atoms with Gasteiger partial charge in [0.15, 0.2) is 11.5 Å². The fourth-order valence-electron chi connectivity index (χ4n) is 4.73. The molecule has 0 radical (unpaired) electrons. The molecule has 3 aliphatic heterocycles. The Hall–Kier alpha value is -2.62. The Morgan fingerprint density at radius 1 is 0.939 bits per heavy atom. The number of sulfonamides is 1. The number of amides is 1. The van der Waals surface area contributed by atoms with Crippen molar-refractivity contribution in [3.8, 4) is 11.5 Å². The fraction of sp³-hybridized carbons (Fsp3) is 0.458. The molecule has 0 bridgehead atoms. The van der Waals surface area contributed by atoms with E-state index in [0.29, 0.717) is 57.4 Å². The van der Waals surface area contributed by atoms with E-state index < -0.39 is 10.0 Å². The largest absolute Gasteiger partial charge is 0.490 e. The Labute approximate surface area is 194 Å². The number of hydrogen-bond acceptors (Lipinski definition) is 6. The molecule has 9 heteroatoms. The molecule has 5 rings (SSSR count). The van der Waals surface area contributed by atoms with Gasteiger partial charge in [-0.15, -0.1) is 0 Å². The Morgan fingerprint density at radius 2 is 1.67 bits per heavy atom. The number of benzene rings is 2. The van der Waals surface area contributed by atoms with E-state index in [1.807, 2.05) is 30.0 Å². The van der Waals surface area contributed by atoms with Crippen molar-refractivity contribution in [2.75, 3.05) is 50.8 Å². The molecule has 1 fully saturated rings. The molecule has 0 N–H and O–H groups in total. The van der Waals surface area contributed by atoms with Crippen LogP contribution in [0.25, 0.3) is 0 Å². The second-order valence-electron chi connectivity index (χ2n) is 8.64. The van der Waals surface area contributed by atoms with Crippen LogP contribution < -0.4 is 14.4 Å².